The van der Waals surface area contributed by atoms with E-state index in [1.165, 1.54) is 18.4 Å². The lowest BCUT2D eigenvalue weighted by Gasteiger charge is -2.29. The van der Waals surface area contributed by atoms with E-state index < -0.39 is 0 Å². The number of likely N-dealkylation sites (tertiary alicyclic amines) is 1. The molecule has 4 unspecified atom stereocenters. The van der Waals surface area contributed by atoms with Crippen LogP contribution in [0.2, 0.25) is 0 Å². The molecule has 4 aliphatic heterocycles. The quantitative estimate of drug-likeness (QED) is 0.682. The minimum Gasteiger partial charge on any atom is -0.378 e. The van der Waals surface area contributed by atoms with Crippen molar-refractivity contribution in [1.82, 2.24) is 35.3 Å². The molecule has 4 saturated heterocycles. The lowest BCUT2D eigenvalue weighted by atomic mass is 10.1. The summed E-state index contributed by atoms with van der Waals surface area (Å²) >= 11 is 0. The highest BCUT2D eigenvalue weighted by atomic mass is 16.6. The van der Waals surface area contributed by atoms with E-state index in [2.05, 4.69) is 43.9 Å². The third-order valence-corrected chi connectivity index (χ3v) is 7.23. The fourth-order valence-corrected chi connectivity index (χ4v) is 5.44. The Bertz CT molecular complexity index is 1000. The van der Waals surface area contributed by atoms with Crippen LogP contribution in [0.15, 0.2) is 24.3 Å². The van der Waals surface area contributed by atoms with E-state index in [0.717, 1.165) is 25.2 Å². The van der Waals surface area contributed by atoms with Crippen molar-refractivity contribution < 1.29 is 19.0 Å². The van der Waals surface area contributed by atoms with Crippen LogP contribution in [-0.4, -0.2) is 107 Å². The van der Waals surface area contributed by atoms with Gasteiger partial charge >= 0.3 is 6.03 Å². The Labute approximate surface area is 198 Å². The van der Waals surface area contributed by atoms with Crippen molar-refractivity contribution in [2.24, 2.45) is 0 Å². The van der Waals surface area contributed by atoms with Gasteiger partial charge in [0.25, 0.3) is 0 Å². The van der Waals surface area contributed by atoms with Gasteiger partial charge in [-0.15, -0.1) is 5.10 Å². The number of hydrogen-bond donors (Lipinski definition) is 1. The predicted molar refractivity (Wildman–Crippen MR) is 121 cm³/mol. The molecule has 11 heteroatoms. The van der Waals surface area contributed by atoms with Gasteiger partial charge in [-0.25, -0.2) is 9.48 Å². The molecular weight excluding hydrogens is 438 g/mol. The molecule has 0 radical (unpaired) electrons. The maximum absolute atomic E-state index is 12.7. The van der Waals surface area contributed by atoms with Crippen molar-refractivity contribution in [2.75, 3.05) is 52.6 Å². The first-order valence-electron chi connectivity index (χ1n) is 12.2. The van der Waals surface area contributed by atoms with Gasteiger partial charge in [0.15, 0.2) is 5.82 Å². The minimum absolute atomic E-state index is 0.0949. The average molecular weight is 470 g/mol. The van der Waals surface area contributed by atoms with Gasteiger partial charge in [0.1, 0.15) is 18.2 Å². The van der Waals surface area contributed by atoms with Crippen molar-refractivity contribution in [3.8, 4) is 11.4 Å². The summed E-state index contributed by atoms with van der Waals surface area (Å²) in [6, 6.07) is 8.00. The van der Waals surface area contributed by atoms with Crippen LogP contribution in [-0.2, 0) is 20.8 Å². The van der Waals surface area contributed by atoms with Crippen LogP contribution in [0.25, 0.3) is 11.4 Å². The molecular formula is C23H31N7O4. The number of nitrogens with one attached hydrogen (secondary N) is 1. The number of morpholine rings is 1. The lowest BCUT2D eigenvalue weighted by molar-refractivity contribution is 0.0485. The molecule has 2 aromatic rings. The van der Waals surface area contributed by atoms with Crippen molar-refractivity contribution in [3.63, 3.8) is 0 Å². The van der Waals surface area contributed by atoms with Crippen molar-refractivity contribution in [2.45, 2.75) is 43.7 Å². The SMILES string of the molecule is O=C(NC1COC2C1OCC2n1nnnc1-c1cccc(CN2CCCC2)c1)N1CCOCC1. The molecule has 0 bridgehead atoms. The Kier molecular flexibility index (Phi) is 6.16. The molecule has 5 heterocycles. The number of fused-ring (bicyclic) bond motifs is 1. The number of hydrogen-bond acceptors (Lipinski definition) is 8. The van der Waals surface area contributed by atoms with Crippen LogP contribution in [0, 0.1) is 0 Å². The highest BCUT2D eigenvalue weighted by molar-refractivity contribution is 5.74. The second-order valence-electron chi connectivity index (χ2n) is 9.45. The predicted octanol–water partition coefficient (Wildman–Crippen LogP) is 0.685. The van der Waals surface area contributed by atoms with E-state index in [-0.39, 0.29) is 30.3 Å². The maximum Gasteiger partial charge on any atom is 0.317 e. The fourth-order valence-electron chi connectivity index (χ4n) is 5.44. The second-order valence-corrected chi connectivity index (χ2v) is 9.45. The van der Waals surface area contributed by atoms with E-state index in [1.807, 2.05) is 10.7 Å². The van der Waals surface area contributed by atoms with Gasteiger partial charge in [-0.1, -0.05) is 18.2 Å². The number of urea groups is 1. The molecule has 34 heavy (non-hydrogen) atoms. The number of aromatic nitrogens is 4. The Hall–Kier alpha value is -2.60. The lowest BCUT2D eigenvalue weighted by Crippen LogP contribution is -2.52. The minimum atomic E-state index is -0.228. The molecule has 1 aromatic carbocycles. The van der Waals surface area contributed by atoms with E-state index >= 15 is 0 Å². The first-order chi connectivity index (χ1) is 16.8. The summed E-state index contributed by atoms with van der Waals surface area (Å²) in [7, 11) is 0. The van der Waals surface area contributed by atoms with E-state index in [4.69, 9.17) is 14.2 Å². The summed E-state index contributed by atoms with van der Waals surface area (Å²) in [5.74, 6) is 0.710. The van der Waals surface area contributed by atoms with Crippen LogP contribution in [0.4, 0.5) is 4.79 Å². The van der Waals surface area contributed by atoms with Gasteiger partial charge in [-0.2, -0.15) is 0 Å². The van der Waals surface area contributed by atoms with Gasteiger partial charge in [-0.05, 0) is 48.0 Å². The molecule has 2 amide bonds. The number of amides is 2. The van der Waals surface area contributed by atoms with E-state index in [1.54, 1.807) is 4.90 Å². The van der Waals surface area contributed by atoms with Crippen molar-refractivity contribution in [3.05, 3.63) is 29.8 Å². The monoisotopic (exact) mass is 469 g/mol. The Morgan fingerprint density at radius 2 is 1.88 bits per heavy atom. The number of carbonyl (C=O) groups excluding carboxylic acids is 1. The maximum atomic E-state index is 12.7. The zero-order chi connectivity index (χ0) is 22.9. The number of benzene rings is 1. The zero-order valence-electron chi connectivity index (χ0n) is 19.2. The van der Waals surface area contributed by atoms with Gasteiger partial charge in [0.2, 0.25) is 0 Å². The van der Waals surface area contributed by atoms with Gasteiger partial charge in [0, 0.05) is 25.2 Å². The largest absolute Gasteiger partial charge is 0.378 e. The Balaban J connectivity index is 1.15. The molecule has 4 atom stereocenters. The van der Waals surface area contributed by atoms with Gasteiger partial charge < -0.3 is 24.4 Å². The third kappa shape index (κ3) is 4.28. The van der Waals surface area contributed by atoms with Crippen LogP contribution in [0.1, 0.15) is 24.4 Å². The van der Waals surface area contributed by atoms with Crippen LogP contribution >= 0.6 is 0 Å². The number of nitrogens with zero attached hydrogens (tertiary/aromatic N) is 6. The normalized spacial score (nSPS) is 29.5. The molecule has 0 saturated carbocycles. The van der Waals surface area contributed by atoms with E-state index in [0.29, 0.717) is 45.3 Å². The molecule has 11 nitrogen and oxygen atoms in total. The Morgan fingerprint density at radius 1 is 1.06 bits per heavy atom. The number of rotatable bonds is 5. The topological polar surface area (TPSA) is 107 Å². The van der Waals surface area contributed by atoms with Gasteiger partial charge in [-0.3, -0.25) is 4.90 Å². The van der Waals surface area contributed by atoms with Crippen LogP contribution in [0.3, 0.4) is 0 Å². The molecule has 0 aliphatic carbocycles. The fraction of sp³-hybridized carbons (Fsp3) is 0.652. The standard InChI is InChI=1S/C23H31N7O4/c31-23(29-8-10-32-11-9-29)24-18-14-33-21-19(15-34-20(18)21)30-22(25-26-27-30)17-5-3-4-16(12-17)13-28-6-1-2-7-28/h3-5,12,18-21H,1-2,6-11,13-15H2,(H,24,31). The second kappa shape index (κ2) is 9.57. The number of tetrazole rings is 1. The third-order valence-electron chi connectivity index (χ3n) is 7.23. The number of ether oxygens (including phenoxy) is 3. The molecule has 1 aromatic heterocycles. The summed E-state index contributed by atoms with van der Waals surface area (Å²) in [5.41, 5.74) is 2.25. The molecule has 4 aliphatic rings. The average Bonchev–Trinajstić information content (AvgIpc) is 3.66. The molecule has 0 spiro atoms. The van der Waals surface area contributed by atoms with Crippen LogP contribution < -0.4 is 5.32 Å². The van der Waals surface area contributed by atoms with Crippen LogP contribution in [0.5, 0.6) is 0 Å². The highest BCUT2D eigenvalue weighted by Gasteiger charge is 2.50. The highest BCUT2D eigenvalue weighted by Crippen LogP contribution is 2.36. The molecule has 1 N–H and O–H groups in total. The van der Waals surface area contributed by atoms with Crippen molar-refractivity contribution >= 4 is 6.03 Å². The summed E-state index contributed by atoms with van der Waals surface area (Å²) in [5, 5.41) is 15.7. The summed E-state index contributed by atoms with van der Waals surface area (Å²) in [6.07, 6.45) is 2.10. The molecule has 182 valence electrons. The molecule has 6 rings (SSSR count). The number of carbonyl (C=O) groups is 1. The first kappa shape index (κ1) is 21.9. The summed E-state index contributed by atoms with van der Waals surface area (Å²) in [6.45, 7) is 6.44. The zero-order valence-corrected chi connectivity index (χ0v) is 19.2. The van der Waals surface area contributed by atoms with E-state index in [9.17, 15) is 4.79 Å². The first-order valence-corrected chi connectivity index (χ1v) is 12.2. The smallest absolute Gasteiger partial charge is 0.317 e. The summed E-state index contributed by atoms with van der Waals surface area (Å²) < 4.78 is 19.4. The van der Waals surface area contributed by atoms with Crippen molar-refractivity contribution in [1.29, 1.82) is 0 Å². The summed E-state index contributed by atoms with van der Waals surface area (Å²) in [4.78, 5) is 16.9. The van der Waals surface area contributed by atoms with Gasteiger partial charge in [0.05, 0.1) is 32.5 Å². The molecule has 4 fully saturated rings. The Morgan fingerprint density at radius 3 is 2.74 bits per heavy atom.